The molecule has 1 aliphatic rings. The van der Waals surface area contributed by atoms with Crippen LogP contribution in [0.2, 0.25) is 5.15 Å². The molecule has 0 radical (unpaired) electrons. The third-order valence-corrected chi connectivity index (χ3v) is 4.56. The summed E-state index contributed by atoms with van der Waals surface area (Å²) in [6, 6.07) is 2.54. The Hall–Kier alpha value is -0.280. The number of anilines is 1. The molecule has 0 aromatic carbocycles. The molecule has 0 amide bonds. The monoisotopic (exact) mass is 330 g/mol. The van der Waals surface area contributed by atoms with Crippen molar-refractivity contribution in [2.75, 3.05) is 5.32 Å². The average molecular weight is 332 g/mol. The summed E-state index contributed by atoms with van der Waals surface area (Å²) >= 11 is 9.56. The van der Waals surface area contributed by atoms with E-state index in [0.29, 0.717) is 11.2 Å². The number of pyridine rings is 1. The van der Waals surface area contributed by atoms with Crippen LogP contribution in [0.15, 0.2) is 16.7 Å². The molecule has 1 aliphatic carbocycles. The maximum Gasteiger partial charge on any atom is 0.152 e. The van der Waals surface area contributed by atoms with Crippen molar-refractivity contribution in [3.63, 3.8) is 0 Å². The molecule has 0 aliphatic heterocycles. The fourth-order valence-corrected chi connectivity index (χ4v) is 3.20. The Labute approximate surface area is 123 Å². The van der Waals surface area contributed by atoms with Gasteiger partial charge in [-0.1, -0.05) is 38.3 Å². The lowest BCUT2D eigenvalue weighted by Gasteiger charge is -2.32. The van der Waals surface area contributed by atoms with E-state index in [2.05, 4.69) is 40.1 Å². The highest BCUT2D eigenvalue weighted by atomic mass is 79.9. The van der Waals surface area contributed by atoms with E-state index in [1.54, 1.807) is 6.20 Å². The van der Waals surface area contributed by atoms with Gasteiger partial charge in [0, 0.05) is 16.7 Å². The first-order chi connectivity index (χ1) is 8.56. The molecule has 0 bridgehead atoms. The third-order valence-electron chi connectivity index (χ3n) is 3.82. The highest BCUT2D eigenvalue weighted by molar-refractivity contribution is 9.10. The van der Waals surface area contributed by atoms with Gasteiger partial charge in [-0.05, 0) is 46.7 Å². The Balaban J connectivity index is 2.02. The minimum Gasteiger partial charge on any atom is -0.380 e. The van der Waals surface area contributed by atoms with Gasteiger partial charge in [-0.15, -0.1) is 0 Å². The number of nitrogens with zero attached hydrogens (tertiary/aromatic N) is 1. The van der Waals surface area contributed by atoms with E-state index in [4.69, 9.17) is 11.6 Å². The maximum absolute atomic E-state index is 6.12. The number of rotatable bonds is 3. The predicted molar refractivity (Wildman–Crippen MR) is 81.2 cm³/mol. The van der Waals surface area contributed by atoms with Crippen LogP contribution in [-0.4, -0.2) is 11.0 Å². The fourth-order valence-electron chi connectivity index (χ4n) is 2.71. The SMILES string of the molecule is CC(C)C1CCCC(Nc2cc(Br)cnc2Cl)C1. The van der Waals surface area contributed by atoms with Gasteiger partial charge in [0.05, 0.1) is 5.69 Å². The van der Waals surface area contributed by atoms with Gasteiger partial charge in [-0.25, -0.2) is 4.98 Å². The molecule has 0 saturated heterocycles. The van der Waals surface area contributed by atoms with Gasteiger partial charge in [0.2, 0.25) is 0 Å². The largest absolute Gasteiger partial charge is 0.380 e. The van der Waals surface area contributed by atoms with E-state index >= 15 is 0 Å². The van der Waals surface area contributed by atoms with Crippen molar-refractivity contribution in [1.82, 2.24) is 4.98 Å². The van der Waals surface area contributed by atoms with Crippen molar-refractivity contribution in [2.45, 2.75) is 45.6 Å². The molecule has 1 saturated carbocycles. The Kier molecular flexibility index (Phi) is 4.91. The Morgan fingerprint density at radius 1 is 1.44 bits per heavy atom. The molecule has 4 heteroatoms. The van der Waals surface area contributed by atoms with Crippen LogP contribution >= 0.6 is 27.5 Å². The molecule has 100 valence electrons. The van der Waals surface area contributed by atoms with Gasteiger partial charge in [-0.2, -0.15) is 0 Å². The molecule has 2 atom stereocenters. The molecule has 2 unspecified atom stereocenters. The molecule has 1 aromatic heterocycles. The van der Waals surface area contributed by atoms with Crippen LogP contribution in [0.3, 0.4) is 0 Å². The zero-order valence-electron chi connectivity index (χ0n) is 10.9. The van der Waals surface area contributed by atoms with Gasteiger partial charge in [-0.3, -0.25) is 0 Å². The van der Waals surface area contributed by atoms with Crippen LogP contribution in [0.1, 0.15) is 39.5 Å². The minimum atomic E-state index is 0.528. The normalized spacial score (nSPS) is 24.3. The van der Waals surface area contributed by atoms with Crippen molar-refractivity contribution in [3.8, 4) is 0 Å². The summed E-state index contributed by atoms with van der Waals surface area (Å²) in [4.78, 5) is 4.15. The number of aromatic nitrogens is 1. The predicted octanol–water partition coefficient (Wildman–Crippen LogP) is 5.12. The van der Waals surface area contributed by atoms with E-state index in [9.17, 15) is 0 Å². The molecule has 1 fully saturated rings. The summed E-state index contributed by atoms with van der Waals surface area (Å²) in [5.74, 6) is 1.60. The van der Waals surface area contributed by atoms with Crippen LogP contribution in [0, 0.1) is 11.8 Å². The number of nitrogens with one attached hydrogen (secondary N) is 1. The maximum atomic E-state index is 6.12. The van der Waals surface area contributed by atoms with Crippen LogP contribution in [0.25, 0.3) is 0 Å². The zero-order valence-corrected chi connectivity index (χ0v) is 13.3. The lowest BCUT2D eigenvalue weighted by molar-refractivity contribution is 0.264. The molecular formula is C14H20BrClN2. The number of hydrogen-bond donors (Lipinski definition) is 1. The van der Waals surface area contributed by atoms with Crippen LogP contribution in [0.4, 0.5) is 5.69 Å². The second-order valence-corrected chi connectivity index (χ2v) is 6.78. The van der Waals surface area contributed by atoms with Crippen LogP contribution < -0.4 is 5.32 Å². The van der Waals surface area contributed by atoms with Gasteiger partial charge >= 0.3 is 0 Å². The fraction of sp³-hybridized carbons (Fsp3) is 0.643. The minimum absolute atomic E-state index is 0.528. The molecule has 2 nitrogen and oxygen atoms in total. The van der Waals surface area contributed by atoms with E-state index in [-0.39, 0.29) is 0 Å². The zero-order chi connectivity index (χ0) is 13.1. The van der Waals surface area contributed by atoms with Gasteiger partial charge in [0.25, 0.3) is 0 Å². The van der Waals surface area contributed by atoms with Gasteiger partial charge < -0.3 is 5.32 Å². The molecule has 0 spiro atoms. The van der Waals surface area contributed by atoms with E-state index < -0.39 is 0 Å². The van der Waals surface area contributed by atoms with E-state index in [1.165, 1.54) is 25.7 Å². The van der Waals surface area contributed by atoms with Crippen molar-refractivity contribution in [1.29, 1.82) is 0 Å². The average Bonchev–Trinajstić information content (AvgIpc) is 2.34. The molecule has 2 rings (SSSR count). The smallest absolute Gasteiger partial charge is 0.152 e. The Morgan fingerprint density at radius 3 is 2.94 bits per heavy atom. The summed E-state index contributed by atoms with van der Waals surface area (Å²) in [6.07, 6.45) is 6.86. The quantitative estimate of drug-likeness (QED) is 0.777. The standard InChI is InChI=1S/C14H20BrClN2/c1-9(2)10-4-3-5-12(6-10)18-13-7-11(15)8-17-14(13)16/h7-10,12,18H,3-6H2,1-2H3. The van der Waals surface area contributed by atoms with Crippen molar-refractivity contribution in [2.24, 2.45) is 11.8 Å². The molecular weight excluding hydrogens is 312 g/mol. The van der Waals surface area contributed by atoms with Gasteiger partial charge in [0.1, 0.15) is 0 Å². The van der Waals surface area contributed by atoms with Gasteiger partial charge in [0.15, 0.2) is 5.15 Å². The highest BCUT2D eigenvalue weighted by Gasteiger charge is 2.24. The molecule has 1 heterocycles. The summed E-state index contributed by atoms with van der Waals surface area (Å²) in [6.45, 7) is 4.64. The first-order valence-electron chi connectivity index (χ1n) is 6.64. The Bertz CT molecular complexity index is 409. The first kappa shape index (κ1) is 14.1. The second-order valence-electron chi connectivity index (χ2n) is 5.50. The van der Waals surface area contributed by atoms with Crippen molar-refractivity contribution < 1.29 is 0 Å². The molecule has 1 aromatic rings. The third kappa shape index (κ3) is 3.61. The summed E-state index contributed by atoms with van der Waals surface area (Å²) in [5, 5.41) is 4.11. The molecule has 1 N–H and O–H groups in total. The number of halogens is 2. The topological polar surface area (TPSA) is 24.9 Å². The van der Waals surface area contributed by atoms with Crippen molar-refractivity contribution in [3.05, 3.63) is 21.9 Å². The number of hydrogen-bond acceptors (Lipinski definition) is 2. The lowest BCUT2D eigenvalue weighted by Crippen LogP contribution is -2.29. The summed E-state index contributed by atoms with van der Waals surface area (Å²) in [5.41, 5.74) is 0.945. The summed E-state index contributed by atoms with van der Waals surface area (Å²) in [7, 11) is 0. The summed E-state index contributed by atoms with van der Waals surface area (Å²) < 4.78 is 0.964. The van der Waals surface area contributed by atoms with E-state index in [1.807, 2.05) is 6.07 Å². The highest BCUT2D eigenvalue weighted by Crippen LogP contribution is 2.33. The Morgan fingerprint density at radius 2 is 2.22 bits per heavy atom. The van der Waals surface area contributed by atoms with Crippen LogP contribution in [-0.2, 0) is 0 Å². The second kappa shape index (κ2) is 6.25. The van der Waals surface area contributed by atoms with E-state index in [0.717, 1.165) is 22.0 Å². The lowest BCUT2D eigenvalue weighted by atomic mass is 9.79. The van der Waals surface area contributed by atoms with Crippen molar-refractivity contribution >= 4 is 33.2 Å². The molecule has 18 heavy (non-hydrogen) atoms. The first-order valence-corrected chi connectivity index (χ1v) is 7.81. The van der Waals surface area contributed by atoms with Crippen LogP contribution in [0.5, 0.6) is 0 Å².